The average molecular weight is 386 g/mol. The first-order valence-electron chi connectivity index (χ1n) is 8.44. The molecule has 1 unspecified atom stereocenters. The molecular weight excluding hydrogens is 359 g/mol. The van der Waals surface area contributed by atoms with Crippen LogP contribution in [0.3, 0.4) is 0 Å². The number of benzene rings is 1. The smallest absolute Gasteiger partial charge is 0.251 e. The van der Waals surface area contributed by atoms with Gasteiger partial charge in [0, 0.05) is 18.8 Å². The van der Waals surface area contributed by atoms with E-state index in [2.05, 4.69) is 19.5 Å². The third-order valence-electron chi connectivity index (χ3n) is 3.44. The zero-order valence-corrected chi connectivity index (χ0v) is 16.7. The molecule has 0 spiro atoms. The predicted octanol–water partition coefficient (Wildman–Crippen LogP) is 3.83. The van der Waals surface area contributed by atoms with Crippen LogP contribution in [0.1, 0.15) is 23.9 Å². The van der Waals surface area contributed by atoms with Crippen LogP contribution < -0.4 is 10.1 Å². The highest BCUT2D eigenvalue weighted by Gasteiger charge is 2.07. The van der Waals surface area contributed by atoms with Crippen LogP contribution in [-0.4, -0.2) is 31.0 Å². The normalized spacial score (nSPS) is 11.1. The number of allylic oxidation sites excluding steroid dienone is 2. The third-order valence-corrected chi connectivity index (χ3v) is 3.44. The molecule has 5 nitrogen and oxygen atoms in total. The molecular formula is C21H27N2O3P. The highest BCUT2D eigenvalue weighted by Crippen LogP contribution is 2.09. The van der Waals surface area contributed by atoms with Gasteiger partial charge < -0.3 is 10.1 Å². The summed E-state index contributed by atoms with van der Waals surface area (Å²) in [6.45, 7) is 2.39. The fourth-order valence-electron chi connectivity index (χ4n) is 2.08. The summed E-state index contributed by atoms with van der Waals surface area (Å²) in [5.74, 6) is 0.736. The molecule has 0 bridgehead atoms. The molecule has 2 aromatic rings. The molecule has 1 amide bonds. The van der Waals surface area contributed by atoms with Crippen molar-refractivity contribution in [2.75, 3.05) is 13.8 Å². The average Bonchev–Trinajstić information content (AvgIpc) is 3.30. The van der Waals surface area contributed by atoms with Crippen molar-refractivity contribution in [3.8, 4) is 5.75 Å². The van der Waals surface area contributed by atoms with Gasteiger partial charge >= 0.3 is 0 Å². The van der Waals surface area contributed by atoms with Crippen LogP contribution in [0, 0.1) is 0 Å². The minimum atomic E-state index is -0.0330. The summed E-state index contributed by atoms with van der Waals surface area (Å²) in [4.78, 5) is 25.9. The van der Waals surface area contributed by atoms with Crippen molar-refractivity contribution in [3.05, 3.63) is 83.7 Å². The number of nitrogens with one attached hydrogen (secondary N) is 1. The zero-order chi connectivity index (χ0) is 19.9. The number of hydrogen-bond acceptors (Lipinski definition) is 4. The predicted molar refractivity (Wildman–Crippen MR) is 114 cm³/mol. The molecule has 0 fully saturated rings. The fraction of sp³-hybridized carbons (Fsp3) is 0.190. The fourth-order valence-corrected chi connectivity index (χ4v) is 2.08. The molecule has 0 radical (unpaired) electrons. The second kappa shape index (κ2) is 13.4. The Kier molecular flexibility index (Phi) is 11.1. The number of methoxy groups -OCH3 is 1. The van der Waals surface area contributed by atoms with Gasteiger partial charge in [-0.15, -0.1) is 9.24 Å². The topological polar surface area (TPSA) is 68.3 Å². The number of rotatable bonds is 5. The first-order valence-corrected chi connectivity index (χ1v) is 9.60. The van der Waals surface area contributed by atoms with Gasteiger partial charge in [0.15, 0.2) is 0 Å². The Bertz CT molecular complexity index is 763. The van der Waals surface area contributed by atoms with E-state index in [9.17, 15) is 9.59 Å². The molecule has 144 valence electrons. The van der Waals surface area contributed by atoms with Crippen LogP contribution >= 0.6 is 9.24 Å². The Morgan fingerprint density at radius 2 is 2.00 bits per heavy atom. The van der Waals surface area contributed by atoms with Crippen molar-refractivity contribution in [1.29, 1.82) is 0 Å². The number of ether oxygens (including phenoxy) is 1. The number of pyridine rings is 1. The van der Waals surface area contributed by atoms with Crippen molar-refractivity contribution in [3.63, 3.8) is 0 Å². The molecule has 1 aliphatic carbocycles. The summed E-state index contributed by atoms with van der Waals surface area (Å²) in [6, 6.07) is 12.6. The minimum Gasteiger partial charge on any atom is -0.497 e. The van der Waals surface area contributed by atoms with Crippen LogP contribution in [0.25, 0.3) is 0 Å². The van der Waals surface area contributed by atoms with E-state index in [0.717, 1.165) is 29.7 Å². The number of hydrogen-bond donors (Lipinski definition) is 1. The van der Waals surface area contributed by atoms with Crippen LogP contribution in [0.15, 0.2) is 72.5 Å². The lowest BCUT2D eigenvalue weighted by molar-refractivity contribution is -0.117. The SMILES string of the molecule is COc1ccc(C=O)cc1.CP.O=C(NCc1ccccn1)C1=CCC=C1.[HH]. The lowest BCUT2D eigenvalue weighted by atomic mass is 10.2. The van der Waals surface area contributed by atoms with E-state index in [1.54, 1.807) is 37.6 Å². The monoisotopic (exact) mass is 386 g/mol. The first-order chi connectivity index (χ1) is 13.2. The minimum absolute atomic E-state index is 0. The largest absolute Gasteiger partial charge is 0.497 e. The van der Waals surface area contributed by atoms with E-state index >= 15 is 0 Å². The van der Waals surface area contributed by atoms with Crippen molar-refractivity contribution in [1.82, 2.24) is 10.3 Å². The molecule has 0 saturated heterocycles. The number of nitrogens with zero attached hydrogens (tertiary/aromatic N) is 1. The zero-order valence-electron chi connectivity index (χ0n) is 15.6. The third kappa shape index (κ3) is 8.43. The van der Waals surface area contributed by atoms with Gasteiger partial charge in [-0.2, -0.15) is 0 Å². The van der Waals surface area contributed by atoms with Gasteiger partial charge in [0.1, 0.15) is 12.0 Å². The van der Waals surface area contributed by atoms with Crippen molar-refractivity contribution in [2.45, 2.75) is 13.0 Å². The standard InChI is InChI=1S/C12H12N2O.C8H8O2.CH5P.H2/c15-12(10-5-1-2-6-10)14-9-11-7-3-4-8-13-11;1-10-8-4-2-7(6-9)3-5-8;1-2;/h1,3-8H,2,9H2,(H,14,15);2-6H,1H3;2H2,1H3;1H. The second-order valence-corrected chi connectivity index (χ2v) is 5.19. The molecule has 3 rings (SSSR count). The maximum atomic E-state index is 11.6. The number of aromatic nitrogens is 1. The summed E-state index contributed by atoms with van der Waals surface area (Å²) in [5, 5.41) is 2.82. The molecule has 0 saturated carbocycles. The van der Waals surface area contributed by atoms with Crippen LogP contribution in [-0.2, 0) is 11.3 Å². The maximum Gasteiger partial charge on any atom is 0.251 e. The van der Waals surface area contributed by atoms with Gasteiger partial charge in [-0.25, -0.2) is 0 Å². The Labute approximate surface area is 164 Å². The molecule has 1 N–H and O–H groups in total. The number of aldehydes is 1. The summed E-state index contributed by atoms with van der Waals surface area (Å²) in [5.41, 5.74) is 2.28. The summed E-state index contributed by atoms with van der Waals surface area (Å²) in [7, 11) is 4.01. The molecule has 0 aliphatic heterocycles. The van der Waals surface area contributed by atoms with Gasteiger partial charge in [0.2, 0.25) is 0 Å². The lowest BCUT2D eigenvalue weighted by Crippen LogP contribution is -2.23. The van der Waals surface area contributed by atoms with E-state index < -0.39 is 0 Å². The molecule has 1 aromatic heterocycles. The van der Waals surface area contributed by atoms with Crippen LogP contribution in [0.4, 0.5) is 0 Å². The number of amides is 1. The van der Waals surface area contributed by atoms with E-state index in [-0.39, 0.29) is 7.33 Å². The Hall–Kier alpha value is -2.78. The molecule has 1 heterocycles. The van der Waals surface area contributed by atoms with E-state index in [1.807, 2.05) is 43.1 Å². The van der Waals surface area contributed by atoms with Crippen molar-refractivity contribution < 1.29 is 15.8 Å². The van der Waals surface area contributed by atoms with Crippen LogP contribution in [0.2, 0.25) is 0 Å². The van der Waals surface area contributed by atoms with Crippen molar-refractivity contribution in [2.24, 2.45) is 0 Å². The second-order valence-electron chi connectivity index (χ2n) is 5.19. The van der Waals surface area contributed by atoms with E-state index in [4.69, 9.17) is 4.74 Å². The summed E-state index contributed by atoms with van der Waals surface area (Å²) >= 11 is 0. The quantitative estimate of drug-likeness (QED) is 0.626. The maximum absolute atomic E-state index is 11.6. The summed E-state index contributed by atoms with van der Waals surface area (Å²) in [6.07, 6.45) is 9.10. The van der Waals surface area contributed by atoms with Gasteiger partial charge in [-0.3, -0.25) is 14.6 Å². The molecule has 1 aliphatic rings. The van der Waals surface area contributed by atoms with Gasteiger partial charge in [0.25, 0.3) is 5.91 Å². The van der Waals surface area contributed by atoms with Gasteiger partial charge in [-0.1, -0.05) is 31.0 Å². The number of carbonyl (C=O) groups is 2. The molecule has 6 heteroatoms. The molecule has 27 heavy (non-hydrogen) atoms. The Morgan fingerprint density at radius 1 is 1.26 bits per heavy atom. The number of carbonyl (C=O) groups excluding carboxylic acids is 2. The highest BCUT2D eigenvalue weighted by molar-refractivity contribution is 7.15. The Balaban J connectivity index is 0.000000493. The Morgan fingerprint density at radius 3 is 2.52 bits per heavy atom. The molecule has 1 atom stereocenters. The van der Waals surface area contributed by atoms with Gasteiger partial charge in [-0.05, 0) is 42.8 Å². The van der Waals surface area contributed by atoms with E-state index in [1.165, 1.54) is 0 Å². The lowest BCUT2D eigenvalue weighted by Gasteiger charge is -2.03. The highest BCUT2D eigenvalue weighted by atomic mass is 31.0. The summed E-state index contributed by atoms with van der Waals surface area (Å²) < 4.78 is 4.90. The van der Waals surface area contributed by atoms with Crippen LogP contribution in [0.5, 0.6) is 5.75 Å². The van der Waals surface area contributed by atoms with E-state index in [0.29, 0.717) is 12.1 Å². The van der Waals surface area contributed by atoms with Gasteiger partial charge in [0.05, 0.1) is 19.3 Å². The van der Waals surface area contributed by atoms with Crippen molar-refractivity contribution >= 4 is 21.4 Å². The molecule has 1 aromatic carbocycles. The first kappa shape index (κ1) is 22.3.